The molecular weight excluding hydrogens is 239 g/mol. The number of allylic oxidation sites excluding steroid dienone is 1. The Kier molecular flexibility index (Phi) is 4.24. The van der Waals surface area contributed by atoms with Crippen molar-refractivity contribution in [1.29, 1.82) is 0 Å². The van der Waals surface area contributed by atoms with Crippen LogP contribution in [0, 0.1) is 0 Å². The van der Waals surface area contributed by atoms with Crippen molar-refractivity contribution in [2.45, 2.75) is 12.6 Å². The minimum absolute atomic E-state index is 0.0989. The van der Waals surface area contributed by atoms with E-state index in [2.05, 4.69) is 0 Å². The van der Waals surface area contributed by atoms with Gasteiger partial charge in [-0.3, -0.25) is 0 Å². The van der Waals surface area contributed by atoms with Crippen molar-refractivity contribution in [3.8, 4) is 0 Å². The molecule has 0 atom stereocenters. The maximum atomic E-state index is 12.6. The van der Waals surface area contributed by atoms with Crippen molar-refractivity contribution in [3.05, 3.63) is 35.4 Å². The normalized spacial score (nSPS) is 12.2. The lowest BCUT2D eigenvalue weighted by atomic mass is 10.1. The number of nitrogen functional groups attached to an aromatic ring is 1. The van der Waals surface area contributed by atoms with E-state index >= 15 is 0 Å². The second-order valence-corrected chi connectivity index (χ2v) is 3.60. The van der Waals surface area contributed by atoms with Crippen LogP contribution in [0.5, 0.6) is 0 Å². The Labute approximate surface area is 96.7 Å². The Hall–Kier alpha value is -1.16. The Morgan fingerprint density at radius 2 is 2.00 bits per heavy atom. The summed E-state index contributed by atoms with van der Waals surface area (Å²) in [4.78, 5) is 0. The highest BCUT2D eigenvalue weighted by Crippen LogP contribution is 2.33. The Morgan fingerprint density at radius 3 is 2.56 bits per heavy atom. The fourth-order valence-corrected chi connectivity index (χ4v) is 1.36. The van der Waals surface area contributed by atoms with Crippen molar-refractivity contribution < 1.29 is 13.2 Å². The molecule has 0 radical (unpaired) electrons. The van der Waals surface area contributed by atoms with Gasteiger partial charge in [0.05, 0.1) is 5.56 Å². The van der Waals surface area contributed by atoms with Gasteiger partial charge >= 0.3 is 6.18 Å². The van der Waals surface area contributed by atoms with E-state index in [4.69, 9.17) is 17.3 Å². The summed E-state index contributed by atoms with van der Waals surface area (Å²) in [7, 11) is 0. The first-order valence-corrected chi connectivity index (χ1v) is 5.18. The van der Waals surface area contributed by atoms with Crippen LogP contribution in [0.3, 0.4) is 0 Å². The lowest BCUT2D eigenvalue weighted by Crippen LogP contribution is -2.08. The van der Waals surface area contributed by atoms with Crippen LogP contribution in [0.1, 0.15) is 17.5 Å². The number of hydrogen-bond acceptors (Lipinski definition) is 1. The molecule has 1 rings (SSSR count). The first kappa shape index (κ1) is 12.9. The molecule has 5 heteroatoms. The molecule has 0 aliphatic rings. The van der Waals surface area contributed by atoms with Crippen LogP contribution in [0.4, 0.5) is 18.9 Å². The molecular formula is C11H11ClF3N. The highest BCUT2D eigenvalue weighted by molar-refractivity contribution is 6.17. The van der Waals surface area contributed by atoms with Gasteiger partial charge in [-0.2, -0.15) is 13.2 Å². The van der Waals surface area contributed by atoms with Crippen LogP contribution in [0.15, 0.2) is 24.3 Å². The van der Waals surface area contributed by atoms with Gasteiger partial charge in [0.2, 0.25) is 0 Å². The monoisotopic (exact) mass is 249 g/mol. The van der Waals surface area contributed by atoms with Gasteiger partial charge in [-0.15, -0.1) is 11.6 Å². The Bertz CT molecular complexity index is 385. The number of nitrogens with two attached hydrogens (primary N) is 1. The largest absolute Gasteiger partial charge is 0.417 e. The molecule has 88 valence electrons. The first-order chi connectivity index (χ1) is 7.45. The lowest BCUT2D eigenvalue weighted by molar-refractivity contribution is -0.137. The van der Waals surface area contributed by atoms with Crippen LogP contribution >= 0.6 is 11.6 Å². The van der Waals surface area contributed by atoms with Crippen LogP contribution in [-0.2, 0) is 6.18 Å². The summed E-state index contributed by atoms with van der Waals surface area (Å²) in [6.07, 6.45) is -0.850. The maximum absolute atomic E-state index is 12.6. The van der Waals surface area contributed by atoms with Gasteiger partial charge in [-0.05, 0) is 24.1 Å². The molecule has 0 aliphatic heterocycles. The number of rotatable bonds is 3. The molecule has 0 heterocycles. The molecule has 0 bridgehead atoms. The second-order valence-electron chi connectivity index (χ2n) is 3.22. The highest BCUT2D eigenvalue weighted by Gasteiger charge is 2.32. The molecule has 0 amide bonds. The zero-order valence-corrected chi connectivity index (χ0v) is 9.15. The van der Waals surface area contributed by atoms with Crippen LogP contribution in [0.2, 0.25) is 0 Å². The molecule has 0 fully saturated rings. The molecule has 0 saturated carbocycles. The summed E-state index contributed by atoms with van der Waals surface area (Å²) in [5.41, 5.74) is 4.81. The van der Waals surface area contributed by atoms with E-state index < -0.39 is 11.7 Å². The standard InChI is InChI=1S/C11H11ClF3N/c12-6-2-1-3-8-4-5-9(16)7-10(8)11(13,14)15/h1,3-5,7H,2,6,16H2. The zero-order chi connectivity index (χ0) is 12.2. The summed E-state index contributed by atoms with van der Waals surface area (Å²) in [5, 5.41) is 0. The molecule has 0 aromatic heterocycles. The number of anilines is 1. The van der Waals surface area contributed by atoms with Crippen molar-refractivity contribution in [1.82, 2.24) is 0 Å². The third-order valence-corrected chi connectivity index (χ3v) is 2.17. The molecule has 0 aliphatic carbocycles. The molecule has 0 unspecified atom stereocenters. The number of halogens is 4. The minimum atomic E-state index is -4.39. The Balaban J connectivity index is 3.08. The van der Waals surface area contributed by atoms with E-state index in [1.807, 2.05) is 0 Å². The SMILES string of the molecule is Nc1ccc(C=CCCCl)c(C(F)(F)F)c1. The first-order valence-electron chi connectivity index (χ1n) is 4.64. The Morgan fingerprint density at radius 1 is 1.31 bits per heavy atom. The van der Waals surface area contributed by atoms with Gasteiger partial charge in [0, 0.05) is 11.6 Å². The molecule has 1 aromatic rings. The topological polar surface area (TPSA) is 26.0 Å². The quantitative estimate of drug-likeness (QED) is 0.637. The number of benzene rings is 1. The van der Waals surface area contributed by atoms with E-state index in [1.165, 1.54) is 18.2 Å². The molecule has 0 saturated heterocycles. The van der Waals surface area contributed by atoms with E-state index in [-0.39, 0.29) is 11.3 Å². The van der Waals surface area contributed by atoms with E-state index in [0.29, 0.717) is 12.3 Å². The van der Waals surface area contributed by atoms with Gasteiger partial charge in [0.1, 0.15) is 0 Å². The van der Waals surface area contributed by atoms with Gasteiger partial charge in [0.15, 0.2) is 0 Å². The van der Waals surface area contributed by atoms with Crippen LogP contribution in [-0.4, -0.2) is 5.88 Å². The van der Waals surface area contributed by atoms with Gasteiger partial charge in [-0.1, -0.05) is 18.2 Å². The van der Waals surface area contributed by atoms with E-state index in [9.17, 15) is 13.2 Å². The third kappa shape index (κ3) is 3.45. The number of hydrogen-bond donors (Lipinski definition) is 1. The van der Waals surface area contributed by atoms with E-state index in [1.54, 1.807) is 6.08 Å². The summed E-state index contributed by atoms with van der Waals surface area (Å²) in [6, 6.07) is 3.72. The van der Waals surface area contributed by atoms with Gasteiger partial charge < -0.3 is 5.73 Å². The van der Waals surface area contributed by atoms with Gasteiger partial charge in [0.25, 0.3) is 0 Å². The predicted octanol–water partition coefficient (Wildman–Crippen LogP) is 3.93. The molecule has 16 heavy (non-hydrogen) atoms. The second kappa shape index (κ2) is 5.25. The van der Waals surface area contributed by atoms with Gasteiger partial charge in [-0.25, -0.2) is 0 Å². The van der Waals surface area contributed by atoms with Crippen molar-refractivity contribution >= 4 is 23.4 Å². The fourth-order valence-electron chi connectivity index (χ4n) is 1.24. The summed E-state index contributed by atoms with van der Waals surface area (Å²) >= 11 is 5.43. The lowest BCUT2D eigenvalue weighted by Gasteiger charge is -2.10. The average Bonchev–Trinajstić information content (AvgIpc) is 2.19. The maximum Gasteiger partial charge on any atom is 0.417 e. The highest BCUT2D eigenvalue weighted by atomic mass is 35.5. The van der Waals surface area contributed by atoms with Crippen molar-refractivity contribution in [2.75, 3.05) is 11.6 Å². The van der Waals surface area contributed by atoms with Crippen molar-refractivity contribution in [3.63, 3.8) is 0 Å². The molecule has 1 nitrogen and oxygen atoms in total. The van der Waals surface area contributed by atoms with Crippen molar-refractivity contribution in [2.24, 2.45) is 0 Å². The third-order valence-electron chi connectivity index (χ3n) is 1.96. The average molecular weight is 250 g/mol. The summed E-state index contributed by atoms with van der Waals surface area (Å²) < 4.78 is 37.9. The van der Waals surface area contributed by atoms with E-state index in [0.717, 1.165) is 6.07 Å². The summed E-state index contributed by atoms with van der Waals surface area (Å²) in [5.74, 6) is 0.382. The molecule has 2 N–H and O–H groups in total. The molecule has 1 aromatic carbocycles. The smallest absolute Gasteiger partial charge is 0.399 e. The summed E-state index contributed by atoms with van der Waals surface area (Å²) in [6.45, 7) is 0. The predicted molar refractivity (Wildman–Crippen MR) is 60.2 cm³/mol. The minimum Gasteiger partial charge on any atom is -0.399 e. The van der Waals surface area contributed by atoms with Crippen LogP contribution < -0.4 is 5.73 Å². The van der Waals surface area contributed by atoms with Crippen LogP contribution in [0.25, 0.3) is 6.08 Å². The molecule has 0 spiro atoms. The number of alkyl halides is 4. The fraction of sp³-hybridized carbons (Fsp3) is 0.273. The zero-order valence-electron chi connectivity index (χ0n) is 8.39.